The Labute approximate surface area is 184 Å². The van der Waals surface area contributed by atoms with Crippen molar-refractivity contribution in [1.29, 1.82) is 0 Å². The topological polar surface area (TPSA) is 58.4 Å². The quantitative estimate of drug-likeness (QED) is 0.760. The van der Waals surface area contributed by atoms with Gasteiger partial charge in [0.1, 0.15) is 11.5 Å². The number of benzene rings is 1. The molecule has 2 bridgehead atoms. The Morgan fingerprint density at radius 2 is 1.68 bits per heavy atom. The molecule has 1 aliphatic carbocycles. The summed E-state index contributed by atoms with van der Waals surface area (Å²) in [5.41, 5.74) is 2.55. The average molecular weight is 421 g/mol. The van der Waals surface area contributed by atoms with E-state index in [9.17, 15) is 9.59 Å². The van der Waals surface area contributed by atoms with E-state index in [4.69, 9.17) is 4.98 Å². The molecule has 2 amide bonds. The molecule has 0 radical (unpaired) electrons. The smallest absolute Gasteiger partial charge is 0.273 e. The molecule has 2 fully saturated rings. The molecule has 164 valence electrons. The molecule has 3 heterocycles. The highest BCUT2D eigenvalue weighted by Gasteiger charge is 2.44. The summed E-state index contributed by atoms with van der Waals surface area (Å²) in [7, 11) is 3.55. The van der Waals surface area contributed by atoms with Gasteiger partial charge in [0.25, 0.3) is 5.91 Å². The van der Waals surface area contributed by atoms with Gasteiger partial charge in [-0.2, -0.15) is 0 Å². The number of nitrogens with zero attached hydrogens (tertiary/aromatic N) is 4. The Balaban J connectivity index is 1.54. The second kappa shape index (κ2) is 8.13. The third kappa shape index (κ3) is 3.56. The van der Waals surface area contributed by atoms with Crippen molar-refractivity contribution in [3.63, 3.8) is 0 Å². The first kappa shape index (κ1) is 20.3. The van der Waals surface area contributed by atoms with Gasteiger partial charge in [0, 0.05) is 44.6 Å². The number of hydrogen-bond acceptors (Lipinski definition) is 3. The van der Waals surface area contributed by atoms with Crippen LogP contribution in [0.15, 0.2) is 30.3 Å². The highest BCUT2D eigenvalue weighted by molar-refractivity contribution is 5.94. The van der Waals surface area contributed by atoms with Gasteiger partial charge in [-0.3, -0.25) is 9.59 Å². The van der Waals surface area contributed by atoms with Crippen molar-refractivity contribution in [2.45, 2.75) is 70.0 Å². The van der Waals surface area contributed by atoms with Crippen LogP contribution in [0.3, 0.4) is 0 Å². The van der Waals surface area contributed by atoms with E-state index < -0.39 is 0 Å². The molecule has 3 aliphatic rings. The molecule has 1 aromatic heterocycles. The second-order valence-electron chi connectivity index (χ2n) is 9.58. The third-order valence-electron chi connectivity index (χ3n) is 7.36. The van der Waals surface area contributed by atoms with E-state index in [0.29, 0.717) is 18.0 Å². The molecular formula is C25H32N4O2. The number of aromatic nitrogens is 2. The number of amides is 2. The minimum absolute atomic E-state index is 0.0612. The maximum absolute atomic E-state index is 13.5. The number of hydrogen-bond donors (Lipinski definition) is 0. The standard InChI is InChI=1S/C25H32N4O2/c1-27(2)25(31)22-21-15-19-13-14-20(29(19)24(30)18-11-7-4-8-12-18)16-28(21)23(26-22)17-9-5-3-6-10-17/h3,5-6,9-10,18-20H,4,7-8,11-16H2,1-2H3. The van der Waals surface area contributed by atoms with Gasteiger partial charge in [-0.05, 0) is 25.7 Å². The van der Waals surface area contributed by atoms with Gasteiger partial charge < -0.3 is 14.4 Å². The monoisotopic (exact) mass is 420 g/mol. The lowest BCUT2D eigenvalue weighted by molar-refractivity contribution is -0.139. The number of rotatable bonds is 3. The lowest BCUT2D eigenvalue weighted by atomic mass is 9.88. The van der Waals surface area contributed by atoms with Crippen molar-refractivity contribution >= 4 is 11.8 Å². The summed E-state index contributed by atoms with van der Waals surface area (Å²) in [6, 6.07) is 10.5. The first-order chi connectivity index (χ1) is 15.0. The molecule has 1 saturated heterocycles. The number of carbonyl (C=O) groups is 2. The molecule has 2 unspecified atom stereocenters. The van der Waals surface area contributed by atoms with E-state index >= 15 is 0 Å². The van der Waals surface area contributed by atoms with E-state index in [1.807, 2.05) is 30.3 Å². The number of carbonyl (C=O) groups excluding carboxylic acids is 2. The SMILES string of the molecule is CN(C)C(=O)c1nc(-c2ccccc2)n2c1CC1CCC(C2)N1C(=O)C1CCCCC1. The van der Waals surface area contributed by atoms with Crippen LogP contribution in [0.25, 0.3) is 11.4 Å². The fourth-order valence-corrected chi connectivity index (χ4v) is 5.78. The molecule has 1 aromatic carbocycles. The predicted molar refractivity (Wildman–Crippen MR) is 120 cm³/mol. The molecule has 0 N–H and O–H groups in total. The summed E-state index contributed by atoms with van der Waals surface area (Å²) in [5, 5.41) is 0. The van der Waals surface area contributed by atoms with Crippen LogP contribution >= 0.6 is 0 Å². The predicted octanol–water partition coefficient (Wildman–Crippen LogP) is 3.75. The van der Waals surface area contributed by atoms with Crippen LogP contribution in [0.1, 0.15) is 61.1 Å². The maximum atomic E-state index is 13.5. The van der Waals surface area contributed by atoms with Gasteiger partial charge in [-0.15, -0.1) is 0 Å². The molecule has 5 rings (SSSR count). The molecule has 0 spiro atoms. The van der Waals surface area contributed by atoms with Crippen molar-refractivity contribution in [3.8, 4) is 11.4 Å². The van der Waals surface area contributed by atoms with Crippen LogP contribution in [0.5, 0.6) is 0 Å². The molecule has 2 atom stereocenters. The molecule has 6 nitrogen and oxygen atoms in total. The van der Waals surface area contributed by atoms with Crippen molar-refractivity contribution < 1.29 is 9.59 Å². The molecular weight excluding hydrogens is 388 g/mol. The molecule has 2 aliphatic heterocycles. The van der Waals surface area contributed by atoms with Gasteiger partial charge in [0.05, 0.1) is 11.7 Å². The number of imidazole rings is 1. The van der Waals surface area contributed by atoms with Crippen LogP contribution in [0.2, 0.25) is 0 Å². The van der Waals surface area contributed by atoms with Gasteiger partial charge in [0.15, 0.2) is 0 Å². The fourth-order valence-electron chi connectivity index (χ4n) is 5.78. The molecule has 6 heteroatoms. The fraction of sp³-hybridized carbons (Fsp3) is 0.560. The van der Waals surface area contributed by atoms with E-state index in [0.717, 1.165) is 49.3 Å². The summed E-state index contributed by atoms with van der Waals surface area (Å²) >= 11 is 0. The first-order valence-corrected chi connectivity index (χ1v) is 11.7. The van der Waals surface area contributed by atoms with Crippen LogP contribution in [-0.2, 0) is 17.8 Å². The zero-order chi connectivity index (χ0) is 21.5. The normalized spacial score (nSPS) is 23.4. The summed E-state index contributed by atoms with van der Waals surface area (Å²) in [4.78, 5) is 35.2. The summed E-state index contributed by atoms with van der Waals surface area (Å²) < 4.78 is 2.23. The Kier molecular flexibility index (Phi) is 5.32. The molecule has 1 saturated carbocycles. The Bertz CT molecular complexity index is 975. The Morgan fingerprint density at radius 1 is 0.968 bits per heavy atom. The largest absolute Gasteiger partial charge is 0.343 e. The third-order valence-corrected chi connectivity index (χ3v) is 7.36. The van der Waals surface area contributed by atoms with Gasteiger partial charge in [-0.25, -0.2) is 4.98 Å². The molecule has 2 aromatic rings. The van der Waals surface area contributed by atoms with E-state index in [1.54, 1.807) is 19.0 Å². The van der Waals surface area contributed by atoms with Crippen LogP contribution < -0.4 is 0 Å². The van der Waals surface area contributed by atoms with E-state index in [-0.39, 0.29) is 23.9 Å². The first-order valence-electron chi connectivity index (χ1n) is 11.7. The van der Waals surface area contributed by atoms with Crippen molar-refractivity contribution in [2.24, 2.45) is 5.92 Å². The highest BCUT2D eigenvalue weighted by atomic mass is 16.2. The zero-order valence-corrected chi connectivity index (χ0v) is 18.6. The number of fused-ring (bicyclic) bond motifs is 3. The van der Waals surface area contributed by atoms with Crippen molar-refractivity contribution in [2.75, 3.05) is 14.1 Å². The molecule has 31 heavy (non-hydrogen) atoms. The summed E-state index contributed by atoms with van der Waals surface area (Å²) in [5.74, 6) is 1.32. The summed E-state index contributed by atoms with van der Waals surface area (Å²) in [6.45, 7) is 0.724. The van der Waals surface area contributed by atoms with E-state index in [1.165, 1.54) is 19.3 Å². The van der Waals surface area contributed by atoms with Gasteiger partial charge >= 0.3 is 0 Å². The lowest BCUT2D eigenvalue weighted by Gasteiger charge is -2.33. The van der Waals surface area contributed by atoms with Crippen molar-refractivity contribution in [3.05, 3.63) is 41.7 Å². The Hall–Kier alpha value is -2.63. The summed E-state index contributed by atoms with van der Waals surface area (Å²) in [6.07, 6.45) is 8.42. The van der Waals surface area contributed by atoms with Gasteiger partial charge in [0.2, 0.25) is 5.91 Å². The van der Waals surface area contributed by atoms with Crippen molar-refractivity contribution in [1.82, 2.24) is 19.4 Å². The lowest BCUT2D eigenvalue weighted by Crippen LogP contribution is -2.45. The minimum Gasteiger partial charge on any atom is -0.343 e. The van der Waals surface area contributed by atoms with Crippen LogP contribution in [-0.4, -0.2) is 57.3 Å². The second-order valence-corrected chi connectivity index (χ2v) is 9.58. The van der Waals surface area contributed by atoms with Crippen LogP contribution in [0.4, 0.5) is 0 Å². The zero-order valence-electron chi connectivity index (χ0n) is 18.6. The van der Waals surface area contributed by atoms with Gasteiger partial charge in [-0.1, -0.05) is 49.6 Å². The highest BCUT2D eigenvalue weighted by Crippen LogP contribution is 2.38. The average Bonchev–Trinajstić information content (AvgIpc) is 3.29. The maximum Gasteiger partial charge on any atom is 0.273 e. The van der Waals surface area contributed by atoms with E-state index in [2.05, 4.69) is 9.47 Å². The van der Waals surface area contributed by atoms with Crippen LogP contribution in [0, 0.1) is 5.92 Å². The minimum atomic E-state index is -0.0612. The Morgan fingerprint density at radius 3 is 2.39 bits per heavy atom.